The highest BCUT2D eigenvalue weighted by Gasteiger charge is 2.26. The first-order valence-corrected chi connectivity index (χ1v) is 10.4. The van der Waals surface area contributed by atoms with Crippen LogP contribution >= 0.6 is 0 Å². The minimum absolute atomic E-state index is 0.0933. The minimum atomic E-state index is -1.16. The molecule has 0 radical (unpaired) electrons. The Hall–Kier alpha value is -3.43. The highest BCUT2D eigenvalue weighted by molar-refractivity contribution is 6.07. The molecule has 1 aromatic carbocycles. The van der Waals surface area contributed by atoms with E-state index in [4.69, 9.17) is 0 Å². The maximum absolute atomic E-state index is 13.4. The molecule has 1 saturated heterocycles. The monoisotopic (exact) mass is 445 g/mol. The number of carbonyl (C=O) groups excluding carboxylic acids is 3. The number of benzene rings is 1. The van der Waals surface area contributed by atoms with E-state index in [0.29, 0.717) is 32.4 Å². The molecule has 2 aromatic rings. The molecule has 1 aliphatic heterocycles. The van der Waals surface area contributed by atoms with Crippen molar-refractivity contribution < 1.29 is 23.2 Å². The molecule has 2 heterocycles. The fourth-order valence-electron chi connectivity index (χ4n) is 3.42. The Balaban J connectivity index is 1.62. The molecule has 170 valence electrons. The zero-order chi connectivity index (χ0) is 23.3. The van der Waals surface area contributed by atoms with Crippen LogP contribution in [0.15, 0.2) is 30.6 Å². The van der Waals surface area contributed by atoms with Crippen LogP contribution in [-0.2, 0) is 4.79 Å². The first-order valence-electron chi connectivity index (χ1n) is 10.4. The molecule has 0 saturated carbocycles. The van der Waals surface area contributed by atoms with Gasteiger partial charge in [0.05, 0.1) is 0 Å². The molecule has 0 atom stereocenters. The van der Waals surface area contributed by atoms with E-state index in [1.54, 1.807) is 4.90 Å². The summed E-state index contributed by atoms with van der Waals surface area (Å²) in [6.45, 7) is 5.09. The third kappa shape index (κ3) is 5.83. The van der Waals surface area contributed by atoms with E-state index in [-0.39, 0.29) is 34.9 Å². The van der Waals surface area contributed by atoms with Crippen LogP contribution in [0.4, 0.5) is 14.6 Å². The van der Waals surface area contributed by atoms with E-state index in [2.05, 4.69) is 20.6 Å². The molecule has 1 fully saturated rings. The third-order valence-corrected chi connectivity index (χ3v) is 5.09. The zero-order valence-corrected chi connectivity index (χ0v) is 17.9. The number of nitrogens with one attached hydrogen (secondary N) is 2. The van der Waals surface area contributed by atoms with Crippen molar-refractivity contribution in [1.82, 2.24) is 20.2 Å². The predicted octanol–water partition coefficient (Wildman–Crippen LogP) is 2.77. The molecular weight excluding hydrogens is 420 g/mol. The van der Waals surface area contributed by atoms with Crippen molar-refractivity contribution in [3.05, 3.63) is 53.5 Å². The summed E-state index contributed by atoms with van der Waals surface area (Å²) >= 11 is 0. The smallest absolute Gasteiger partial charge is 0.273 e. The van der Waals surface area contributed by atoms with Crippen LogP contribution in [0.1, 0.15) is 54.0 Å². The SMILES string of the molecule is CC(C)CC(=O)N1CCC(NC(=O)c2nccnc2NC(=O)c2ccc(F)c(F)c2)CC1. The normalized spacial score (nSPS) is 14.3. The van der Waals surface area contributed by atoms with Crippen molar-refractivity contribution in [2.45, 2.75) is 39.2 Å². The standard InChI is InChI=1S/C22H25F2N5O3/c1-13(2)11-18(30)29-9-5-15(6-10-29)27-22(32)19-20(26-8-7-25-19)28-21(31)14-3-4-16(23)17(24)12-14/h3-4,7-8,12-13,15H,5-6,9-11H2,1-2H3,(H,27,32)(H,26,28,31). The Morgan fingerprint density at radius 2 is 1.75 bits per heavy atom. The number of aromatic nitrogens is 2. The summed E-state index contributed by atoms with van der Waals surface area (Å²) in [7, 11) is 0. The third-order valence-electron chi connectivity index (χ3n) is 5.09. The van der Waals surface area contributed by atoms with Crippen LogP contribution in [0.2, 0.25) is 0 Å². The summed E-state index contributed by atoms with van der Waals surface area (Å²) in [4.78, 5) is 47.1. The van der Waals surface area contributed by atoms with Crippen LogP contribution in [0, 0.1) is 17.6 Å². The summed E-state index contributed by atoms with van der Waals surface area (Å²) in [5.41, 5.74) is -0.221. The van der Waals surface area contributed by atoms with Gasteiger partial charge in [-0.3, -0.25) is 14.4 Å². The van der Waals surface area contributed by atoms with Crippen LogP contribution in [0.5, 0.6) is 0 Å². The summed E-state index contributed by atoms with van der Waals surface area (Å²) in [5.74, 6) is -3.20. The molecule has 0 aliphatic carbocycles. The number of rotatable bonds is 6. The number of piperidine rings is 1. The lowest BCUT2D eigenvalue weighted by molar-refractivity contribution is -0.133. The topological polar surface area (TPSA) is 104 Å². The average Bonchev–Trinajstić information content (AvgIpc) is 2.76. The van der Waals surface area contributed by atoms with Crippen LogP contribution in [-0.4, -0.2) is 51.7 Å². The molecule has 10 heteroatoms. The Kier molecular flexibility index (Phi) is 7.45. The first kappa shape index (κ1) is 23.2. The lowest BCUT2D eigenvalue weighted by atomic mass is 10.0. The van der Waals surface area contributed by atoms with E-state index >= 15 is 0 Å². The van der Waals surface area contributed by atoms with Crippen molar-refractivity contribution in [3.8, 4) is 0 Å². The van der Waals surface area contributed by atoms with Crippen LogP contribution in [0.3, 0.4) is 0 Å². The number of nitrogens with zero attached hydrogens (tertiary/aromatic N) is 3. The van der Waals surface area contributed by atoms with Gasteiger partial charge in [0.25, 0.3) is 11.8 Å². The highest BCUT2D eigenvalue weighted by atomic mass is 19.2. The maximum Gasteiger partial charge on any atom is 0.273 e. The quantitative estimate of drug-likeness (QED) is 0.712. The molecule has 32 heavy (non-hydrogen) atoms. The number of hydrogen-bond donors (Lipinski definition) is 2. The van der Waals surface area contributed by atoms with E-state index in [0.717, 1.165) is 18.2 Å². The summed E-state index contributed by atoms with van der Waals surface area (Å²) in [6, 6.07) is 2.57. The summed E-state index contributed by atoms with van der Waals surface area (Å²) in [6.07, 6.45) is 4.32. The Bertz CT molecular complexity index is 1010. The summed E-state index contributed by atoms with van der Waals surface area (Å²) < 4.78 is 26.5. The van der Waals surface area contributed by atoms with Gasteiger partial charge in [-0.2, -0.15) is 0 Å². The lowest BCUT2D eigenvalue weighted by Crippen LogP contribution is -2.47. The van der Waals surface area contributed by atoms with Crippen molar-refractivity contribution in [3.63, 3.8) is 0 Å². The van der Waals surface area contributed by atoms with E-state index in [1.165, 1.54) is 12.4 Å². The van der Waals surface area contributed by atoms with Gasteiger partial charge in [0.15, 0.2) is 23.1 Å². The van der Waals surface area contributed by atoms with Gasteiger partial charge in [0.2, 0.25) is 5.91 Å². The van der Waals surface area contributed by atoms with Gasteiger partial charge in [0.1, 0.15) is 0 Å². The van der Waals surface area contributed by atoms with Crippen molar-refractivity contribution >= 4 is 23.5 Å². The Labute approximate surface area is 184 Å². The second-order valence-corrected chi connectivity index (χ2v) is 8.06. The van der Waals surface area contributed by atoms with Crippen LogP contribution in [0.25, 0.3) is 0 Å². The van der Waals surface area contributed by atoms with E-state index < -0.39 is 23.4 Å². The van der Waals surface area contributed by atoms with Gasteiger partial charge >= 0.3 is 0 Å². The Morgan fingerprint density at radius 1 is 1.06 bits per heavy atom. The average molecular weight is 445 g/mol. The highest BCUT2D eigenvalue weighted by Crippen LogP contribution is 2.16. The summed E-state index contributed by atoms with van der Waals surface area (Å²) in [5, 5.41) is 5.28. The van der Waals surface area contributed by atoms with Crippen molar-refractivity contribution in [2.75, 3.05) is 18.4 Å². The molecule has 1 aromatic heterocycles. The van der Waals surface area contributed by atoms with Gasteiger partial charge in [-0.1, -0.05) is 13.8 Å². The largest absolute Gasteiger partial charge is 0.348 e. The maximum atomic E-state index is 13.4. The van der Waals surface area contributed by atoms with E-state index in [1.807, 2.05) is 13.8 Å². The van der Waals surface area contributed by atoms with Gasteiger partial charge in [-0.25, -0.2) is 18.7 Å². The number of amides is 3. The fourth-order valence-corrected chi connectivity index (χ4v) is 3.42. The second kappa shape index (κ2) is 10.3. The number of carbonyl (C=O) groups is 3. The molecule has 2 N–H and O–H groups in total. The molecule has 0 spiro atoms. The van der Waals surface area contributed by atoms with Crippen molar-refractivity contribution in [2.24, 2.45) is 5.92 Å². The molecule has 1 aliphatic rings. The number of halogens is 2. The van der Waals surface area contributed by atoms with E-state index in [9.17, 15) is 23.2 Å². The van der Waals surface area contributed by atoms with Gasteiger partial charge in [-0.05, 0) is 37.0 Å². The van der Waals surface area contributed by atoms with Gasteiger partial charge < -0.3 is 15.5 Å². The van der Waals surface area contributed by atoms with Crippen molar-refractivity contribution in [1.29, 1.82) is 0 Å². The predicted molar refractivity (Wildman–Crippen MR) is 113 cm³/mol. The Morgan fingerprint density at radius 3 is 2.41 bits per heavy atom. The van der Waals surface area contributed by atoms with Crippen LogP contribution < -0.4 is 10.6 Å². The molecule has 8 nitrogen and oxygen atoms in total. The lowest BCUT2D eigenvalue weighted by Gasteiger charge is -2.32. The fraction of sp³-hybridized carbons (Fsp3) is 0.409. The molecule has 3 rings (SSSR count). The second-order valence-electron chi connectivity index (χ2n) is 8.06. The van der Waals surface area contributed by atoms with Gasteiger partial charge in [0, 0.05) is 43.5 Å². The van der Waals surface area contributed by atoms with Gasteiger partial charge in [-0.15, -0.1) is 0 Å². The number of anilines is 1. The number of likely N-dealkylation sites (tertiary alicyclic amines) is 1. The number of hydrogen-bond acceptors (Lipinski definition) is 5. The molecule has 0 unspecified atom stereocenters. The molecule has 3 amide bonds. The zero-order valence-electron chi connectivity index (χ0n) is 17.9. The molecule has 0 bridgehead atoms. The first-order chi connectivity index (χ1) is 15.2. The minimum Gasteiger partial charge on any atom is -0.348 e. The molecular formula is C22H25F2N5O3.